The summed E-state index contributed by atoms with van der Waals surface area (Å²) in [6.07, 6.45) is 0.430. The number of amides is 1. The van der Waals surface area contributed by atoms with Gasteiger partial charge in [0.05, 0.1) is 17.9 Å². The summed E-state index contributed by atoms with van der Waals surface area (Å²) in [6.45, 7) is 7.67. The quantitative estimate of drug-likeness (QED) is 0.518. The van der Waals surface area contributed by atoms with E-state index in [0.717, 1.165) is 37.8 Å². The Morgan fingerprint density at radius 2 is 1.76 bits per heavy atom. The first-order valence-corrected chi connectivity index (χ1v) is 11.3. The smallest absolute Gasteiger partial charge is 0.416 e. The summed E-state index contributed by atoms with van der Waals surface area (Å²) in [7, 11) is 0. The van der Waals surface area contributed by atoms with Gasteiger partial charge in [-0.1, -0.05) is 6.92 Å². The van der Waals surface area contributed by atoms with Crippen LogP contribution in [0.25, 0.3) is 5.69 Å². The molecule has 1 saturated carbocycles. The maximum Gasteiger partial charge on any atom is 0.416 e. The fourth-order valence-corrected chi connectivity index (χ4v) is 4.14. The van der Waals surface area contributed by atoms with E-state index in [4.69, 9.17) is 4.74 Å². The van der Waals surface area contributed by atoms with Gasteiger partial charge in [-0.25, -0.2) is 9.48 Å². The van der Waals surface area contributed by atoms with Crippen molar-refractivity contribution >= 4 is 17.7 Å². The van der Waals surface area contributed by atoms with Crippen molar-refractivity contribution in [2.24, 2.45) is 11.8 Å². The molecule has 0 atom stereocenters. The molecule has 6 nitrogen and oxygen atoms in total. The van der Waals surface area contributed by atoms with Crippen molar-refractivity contribution in [2.45, 2.75) is 65.6 Å². The van der Waals surface area contributed by atoms with Gasteiger partial charge in [0.15, 0.2) is 5.82 Å². The Balaban J connectivity index is 2.01. The molecule has 0 aliphatic heterocycles. The molecule has 1 fully saturated rings. The van der Waals surface area contributed by atoms with Crippen molar-refractivity contribution < 1.29 is 27.5 Å². The van der Waals surface area contributed by atoms with Gasteiger partial charge in [0.1, 0.15) is 5.56 Å². The molecule has 0 unspecified atom stereocenters. The Bertz CT molecular complexity index is 975. The van der Waals surface area contributed by atoms with Gasteiger partial charge in [0, 0.05) is 18.2 Å². The van der Waals surface area contributed by atoms with Crippen LogP contribution in [0.3, 0.4) is 0 Å². The van der Waals surface area contributed by atoms with Crippen LogP contribution in [0.2, 0.25) is 0 Å². The average Bonchev–Trinajstić information content (AvgIpc) is 3.18. The van der Waals surface area contributed by atoms with Crippen molar-refractivity contribution in [2.75, 3.05) is 11.5 Å². The van der Waals surface area contributed by atoms with Gasteiger partial charge in [0.2, 0.25) is 5.91 Å². The molecule has 1 aliphatic rings. The van der Waals surface area contributed by atoms with E-state index >= 15 is 0 Å². The second kappa shape index (κ2) is 9.97. The van der Waals surface area contributed by atoms with Gasteiger partial charge < -0.3 is 4.74 Å². The Morgan fingerprint density at radius 3 is 2.27 bits per heavy atom. The van der Waals surface area contributed by atoms with E-state index < -0.39 is 17.7 Å². The summed E-state index contributed by atoms with van der Waals surface area (Å²) in [5, 5.41) is 4.47. The van der Waals surface area contributed by atoms with E-state index in [0.29, 0.717) is 11.6 Å². The summed E-state index contributed by atoms with van der Waals surface area (Å²) in [5.41, 5.74) is -0.347. The maximum atomic E-state index is 13.5. The molecule has 33 heavy (non-hydrogen) atoms. The molecule has 9 heteroatoms. The topological polar surface area (TPSA) is 64.4 Å². The minimum absolute atomic E-state index is 0.0971. The lowest BCUT2D eigenvalue weighted by atomic mass is 9.82. The van der Waals surface area contributed by atoms with Gasteiger partial charge >= 0.3 is 12.1 Å². The molecule has 1 heterocycles. The number of alkyl halides is 3. The summed E-state index contributed by atoms with van der Waals surface area (Å²) in [6, 6.07) is 4.18. The van der Waals surface area contributed by atoms with E-state index in [9.17, 15) is 22.8 Å². The molecule has 0 saturated heterocycles. The Morgan fingerprint density at radius 1 is 1.15 bits per heavy atom. The predicted molar refractivity (Wildman–Crippen MR) is 118 cm³/mol. The van der Waals surface area contributed by atoms with E-state index in [2.05, 4.69) is 12.0 Å². The minimum atomic E-state index is -4.46. The van der Waals surface area contributed by atoms with Crippen LogP contribution >= 0.6 is 0 Å². The maximum absolute atomic E-state index is 13.5. The number of hydrogen-bond acceptors (Lipinski definition) is 4. The van der Waals surface area contributed by atoms with Crippen molar-refractivity contribution in [3.8, 4) is 5.69 Å². The Labute approximate surface area is 191 Å². The second-order valence-electron chi connectivity index (χ2n) is 8.83. The average molecular weight is 466 g/mol. The van der Waals surface area contributed by atoms with Crippen LogP contribution in [0.5, 0.6) is 0 Å². The van der Waals surface area contributed by atoms with Crippen molar-refractivity contribution in [3.63, 3.8) is 0 Å². The van der Waals surface area contributed by atoms with Crippen LogP contribution in [0, 0.1) is 11.8 Å². The summed E-state index contributed by atoms with van der Waals surface area (Å²) < 4.78 is 45.3. The molecule has 0 bridgehead atoms. The number of ether oxygens (including phenoxy) is 1. The lowest BCUT2D eigenvalue weighted by Gasteiger charge is -2.32. The number of benzene rings is 1. The lowest BCUT2D eigenvalue weighted by molar-refractivity contribution is -0.137. The first kappa shape index (κ1) is 24.8. The molecule has 1 aromatic heterocycles. The molecule has 1 aromatic carbocycles. The van der Waals surface area contributed by atoms with Crippen molar-refractivity contribution in [1.82, 2.24) is 9.78 Å². The number of rotatable bonds is 6. The highest BCUT2D eigenvalue weighted by atomic mass is 19.4. The second-order valence-corrected chi connectivity index (χ2v) is 8.83. The third-order valence-electron chi connectivity index (χ3n) is 6.00. The molecule has 1 aliphatic carbocycles. The highest BCUT2D eigenvalue weighted by Crippen LogP contribution is 2.33. The monoisotopic (exact) mass is 465 g/mol. The number of esters is 1. The molecule has 180 valence electrons. The summed E-state index contributed by atoms with van der Waals surface area (Å²) >= 11 is 0. The number of aromatic nitrogens is 2. The van der Waals surface area contributed by atoms with E-state index in [-0.39, 0.29) is 35.9 Å². The van der Waals surface area contributed by atoms with Gasteiger partial charge in [-0.15, -0.1) is 5.10 Å². The van der Waals surface area contributed by atoms with E-state index in [1.54, 1.807) is 6.92 Å². The van der Waals surface area contributed by atoms with Crippen molar-refractivity contribution in [3.05, 3.63) is 41.6 Å². The highest BCUT2D eigenvalue weighted by Gasteiger charge is 2.35. The van der Waals surface area contributed by atoms with Crippen LogP contribution < -0.4 is 4.90 Å². The van der Waals surface area contributed by atoms with Crippen LogP contribution in [0.15, 0.2) is 30.5 Å². The summed E-state index contributed by atoms with van der Waals surface area (Å²) in [5.74, 6) is -0.154. The predicted octanol–water partition coefficient (Wildman–Crippen LogP) is 5.64. The van der Waals surface area contributed by atoms with Crippen molar-refractivity contribution in [1.29, 1.82) is 0 Å². The highest BCUT2D eigenvalue weighted by molar-refractivity contribution is 6.02. The van der Waals surface area contributed by atoms with Gasteiger partial charge in [0.25, 0.3) is 0 Å². The normalized spacial score (nSPS) is 18.9. The number of carbonyl (C=O) groups is 2. The minimum Gasteiger partial charge on any atom is -0.462 e. The van der Waals surface area contributed by atoms with Gasteiger partial charge in [-0.05, 0) is 76.6 Å². The molecule has 2 aromatic rings. The first-order valence-electron chi connectivity index (χ1n) is 11.3. The molecule has 0 radical (unpaired) electrons. The van der Waals surface area contributed by atoms with Gasteiger partial charge in [-0.2, -0.15) is 13.2 Å². The zero-order valence-corrected chi connectivity index (χ0v) is 19.4. The SMILES string of the molecule is CCOC(=O)c1cn(-c2ccc(C(F)(F)F)cc2)nc1N(C(=O)C1CCC(C)CC1)C(C)C. The largest absolute Gasteiger partial charge is 0.462 e. The zero-order chi connectivity index (χ0) is 24.3. The standard InChI is InChI=1S/C24H30F3N3O3/c1-5-33-23(32)20-14-29(19-12-10-18(11-13-19)24(25,26)27)28-21(20)30(15(2)3)22(31)17-8-6-16(4)7-9-17/h10-17H,5-9H2,1-4H3. The number of nitrogens with zero attached hydrogens (tertiary/aromatic N) is 3. The number of hydrogen-bond donors (Lipinski definition) is 0. The number of anilines is 1. The van der Waals surface area contributed by atoms with Crippen LogP contribution in [-0.2, 0) is 15.7 Å². The molecular formula is C24H30F3N3O3. The third kappa shape index (κ3) is 5.57. The lowest BCUT2D eigenvalue weighted by Crippen LogP contribution is -2.43. The summed E-state index contributed by atoms with van der Waals surface area (Å²) in [4.78, 5) is 27.7. The van der Waals surface area contributed by atoms with E-state index in [1.807, 2.05) is 13.8 Å². The van der Waals surface area contributed by atoms with Crippen LogP contribution in [-0.4, -0.2) is 34.3 Å². The van der Waals surface area contributed by atoms with Gasteiger partial charge in [-0.3, -0.25) is 9.69 Å². The molecular weight excluding hydrogens is 435 g/mol. The fourth-order valence-electron chi connectivity index (χ4n) is 4.14. The van der Waals surface area contributed by atoms with Crippen LogP contribution in [0.4, 0.5) is 19.0 Å². The van der Waals surface area contributed by atoms with Crippen LogP contribution in [0.1, 0.15) is 69.3 Å². The zero-order valence-electron chi connectivity index (χ0n) is 19.4. The molecule has 3 rings (SSSR count). The number of halogens is 3. The Hall–Kier alpha value is -2.84. The fraction of sp³-hybridized carbons (Fsp3) is 0.542. The molecule has 0 spiro atoms. The number of carbonyl (C=O) groups excluding carboxylic acids is 2. The van der Waals surface area contributed by atoms with E-state index in [1.165, 1.54) is 27.9 Å². The molecule has 1 amide bonds. The Kier molecular flexibility index (Phi) is 7.49. The first-order chi connectivity index (χ1) is 15.5. The molecule has 0 N–H and O–H groups in total. The third-order valence-corrected chi connectivity index (χ3v) is 6.00.